The van der Waals surface area contributed by atoms with Crippen molar-refractivity contribution in [2.24, 2.45) is 0 Å². The second-order valence-corrected chi connectivity index (χ2v) is 9.08. The molecule has 0 radical (unpaired) electrons. The summed E-state index contributed by atoms with van der Waals surface area (Å²) in [5, 5.41) is 1.54. The fourth-order valence-corrected chi connectivity index (χ4v) is 4.23. The Morgan fingerprint density at radius 2 is 2.05 bits per heavy atom. The number of carbonyl (C=O) groups excluding carboxylic acids is 2. The normalized spacial score (nSPS) is 18.0. The van der Waals surface area contributed by atoms with Crippen molar-refractivity contribution in [2.75, 3.05) is 26.4 Å². The quantitative estimate of drug-likeness (QED) is 0.726. The van der Waals surface area contributed by atoms with Crippen LogP contribution in [0.25, 0.3) is 6.08 Å². The molecule has 120 valence electrons. The molecule has 0 aromatic carbocycles. The Morgan fingerprint density at radius 3 is 2.64 bits per heavy atom. The van der Waals surface area contributed by atoms with Crippen LogP contribution < -0.4 is 0 Å². The summed E-state index contributed by atoms with van der Waals surface area (Å²) in [6.07, 6.45) is 1.91. The predicted octanol–water partition coefficient (Wildman–Crippen LogP) is 2.07. The molecule has 1 aliphatic rings. The Kier molecular flexibility index (Phi) is 5.43. The van der Waals surface area contributed by atoms with Crippen LogP contribution in [0.2, 0.25) is 0 Å². The van der Waals surface area contributed by atoms with E-state index in [0.717, 1.165) is 25.8 Å². The first-order valence-electron chi connectivity index (χ1n) is 6.50. The van der Waals surface area contributed by atoms with Gasteiger partial charge in [0.15, 0.2) is 0 Å². The summed E-state index contributed by atoms with van der Waals surface area (Å²) in [5.41, 5.74) is 0. The Hall–Kier alpha value is -1.16. The van der Waals surface area contributed by atoms with E-state index in [2.05, 4.69) is 0 Å². The number of rotatable bonds is 6. The molecular formula is C13H16N2O4S3. The molecule has 0 spiro atoms. The molecule has 0 aliphatic carbocycles. The van der Waals surface area contributed by atoms with Crippen LogP contribution in [-0.2, 0) is 14.8 Å². The molecular weight excluding hydrogens is 344 g/mol. The molecule has 2 heterocycles. The van der Waals surface area contributed by atoms with Gasteiger partial charge in [0, 0.05) is 25.5 Å². The first-order chi connectivity index (χ1) is 10.3. The van der Waals surface area contributed by atoms with Crippen molar-refractivity contribution in [3.8, 4) is 0 Å². The highest BCUT2D eigenvalue weighted by atomic mass is 32.2. The number of thioether (sulfide) groups is 1. The van der Waals surface area contributed by atoms with Gasteiger partial charge in [-0.1, -0.05) is 6.07 Å². The van der Waals surface area contributed by atoms with E-state index in [4.69, 9.17) is 0 Å². The number of imide groups is 1. The van der Waals surface area contributed by atoms with Crippen LogP contribution in [-0.4, -0.2) is 55.2 Å². The van der Waals surface area contributed by atoms with Gasteiger partial charge >= 0.3 is 0 Å². The smallest absolute Gasteiger partial charge is 0.268 e. The summed E-state index contributed by atoms with van der Waals surface area (Å²) in [4.78, 5) is 26.5. The van der Waals surface area contributed by atoms with Gasteiger partial charge in [0.2, 0.25) is 10.0 Å². The highest BCUT2D eigenvalue weighted by Crippen LogP contribution is 2.32. The minimum Gasteiger partial charge on any atom is -0.268 e. The maximum absolute atomic E-state index is 12.2. The third-order valence-electron chi connectivity index (χ3n) is 3.03. The highest BCUT2D eigenvalue weighted by molar-refractivity contribution is 8.18. The molecule has 0 bridgehead atoms. The third kappa shape index (κ3) is 3.97. The third-order valence-corrected chi connectivity index (χ3v) is 6.67. The van der Waals surface area contributed by atoms with Crippen LogP contribution in [0.1, 0.15) is 11.3 Å². The van der Waals surface area contributed by atoms with Gasteiger partial charge in [-0.25, -0.2) is 12.7 Å². The lowest BCUT2D eigenvalue weighted by molar-refractivity contribution is -0.122. The number of thiophene rings is 1. The molecule has 9 heteroatoms. The van der Waals surface area contributed by atoms with Crippen LogP contribution in [0.5, 0.6) is 0 Å². The molecule has 22 heavy (non-hydrogen) atoms. The monoisotopic (exact) mass is 360 g/mol. The highest BCUT2D eigenvalue weighted by Gasteiger charge is 2.34. The van der Waals surface area contributed by atoms with E-state index in [0.29, 0.717) is 4.91 Å². The summed E-state index contributed by atoms with van der Waals surface area (Å²) in [5.74, 6) is -0.447. The summed E-state index contributed by atoms with van der Waals surface area (Å²) >= 11 is 2.37. The average Bonchev–Trinajstić information content (AvgIpc) is 3.02. The van der Waals surface area contributed by atoms with Gasteiger partial charge in [-0.2, -0.15) is 0 Å². The zero-order chi connectivity index (χ0) is 16.3. The molecule has 1 saturated heterocycles. The maximum atomic E-state index is 12.2. The lowest BCUT2D eigenvalue weighted by Gasteiger charge is -2.14. The molecule has 0 atom stereocenters. The van der Waals surface area contributed by atoms with E-state index >= 15 is 0 Å². The second kappa shape index (κ2) is 6.95. The number of carbonyl (C=O) groups is 2. The molecule has 2 rings (SSSR count). The fraction of sp³-hybridized carbons (Fsp3) is 0.385. The Labute approximate surface area is 137 Å². The summed E-state index contributed by atoms with van der Waals surface area (Å²) in [6, 6.07) is 3.73. The lowest BCUT2D eigenvalue weighted by atomic mass is 10.3. The van der Waals surface area contributed by atoms with Crippen LogP contribution in [0.15, 0.2) is 22.4 Å². The standard InChI is InChI=1S/C13H16N2O4S3/c1-14(2)22(18,19)8-4-6-15-12(16)11(21-13(15)17)9-10-5-3-7-20-10/h3,5,7,9H,4,6,8H2,1-2H3/b11-9+. The van der Waals surface area contributed by atoms with Crippen molar-refractivity contribution in [1.29, 1.82) is 0 Å². The van der Waals surface area contributed by atoms with Crippen molar-refractivity contribution >= 4 is 50.3 Å². The molecule has 6 nitrogen and oxygen atoms in total. The first kappa shape index (κ1) is 17.2. The van der Waals surface area contributed by atoms with Gasteiger partial charge in [0.25, 0.3) is 11.1 Å². The largest absolute Gasteiger partial charge is 0.293 e. The molecule has 1 aromatic rings. The van der Waals surface area contributed by atoms with E-state index in [-0.39, 0.29) is 29.9 Å². The molecule has 1 fully saturated rings. The minimum absolute atomic E-state index is 0.0916. The Morgan fingerprint density at radius 1 is 1.32 bits per heavy atom. The topological polar surface area (TPSA) is 74.8 Å². The molecule has 0 saturated carbocycles. The Bertz CT molecular complexity index is 693. The summed E-state index contributed by atoms with van der Waals surface area (Å²) in [6.45, 7) is 0.111. The summed E-state index contributed by atoms with van der Waals surface area (Å²) in [7, 11) is -0.400. The van der Waals surface area contributed by atoms with Gasteiger partial charge < -0.3 is 0 Å². The average molecular weight is 360 g/mol. The molecule has 2 amide bonds. The van der Waals surface area contributed by atoms with Crippen LogP contribution in [0, 0.1) is 0 Å². The van der Waals surface area contributed by atoms with Gasteiger partial charge in [0.05, 0.1) is 10.7 Å². The number of nitrogens with zero attached hydrogens (tertiary/aromatic N) is 2. The SMILES string of the molecule is CN(C)S(=O)(=O)CCCN1C(=O)S/C(=C/c2cccs2)C1=O. The number of hydrogen-bond acceptors (Lipinski definition) is 6. The van der Waals surface area contributed by atoms with Crippen molar-refractivity contribution in [3.05, 3.63) is 27.3 Å². The molecule has 0 unspecified atom stereocenters. The lowest BCUT2D eigenvalue weighted by Crippen LogP contribution is -2.32. The minimum atomic E-state index is -3.32. The van der Waals surface area contributed by atoms with Crippen LogP contribution in [0.3, 0.4) is 0 Å². The summed E-state index contributed by atoms with van der Waals surface area (Å²) < 4.78 is 24.5. The van der Waals surface area contributed by atoms with Crippen molar-refractivity contribution in [2.45, 2.75) is 6.42 Å². The van der Waals surface area contributed by atoms with Crippen molar-refractivity contribution in [3.63, 3.8) is 0 Å². The second-order valence-electron chi connectivity index (χ2n) is 4.80. The van der Waals surface area contributed by atoms with Gasteiger partial charge in [0.1, 0.15) is 0 Å². The number of sulfonamides is 1. The zero-order valence-electron chi connectivity index (χ0n) is 12.2. The molecule has 1 aliphatic heterocycles. The number of hydrogen-bond donors (Lipinski definition) is 0. The molecule has 0 N–H and O–H groups in total. The fourth-order valence-electron chi connectivity index (χ4n) is 1.78. The molecule has 1 aromatic heterocycles. The van der Waals surface area contributed by atoms with Crippen molar-refractivity contribution < 1.29 is 18.0 Å². The van der Waals surface area contributed by atoms with E-state index in [9.17, 15) is 18.0 Å². The van der Waals surface area contributed by atoms with E-state index in [1.165, 1.54) is 25.4 Å². The first-order valence-corrected chi connectivity index (χ1v) is 9.81. The van der Waals surface area contributed by atoms with E-state index in [1.54, 1.807) is 6.08 Å². The number of amides is 2. The predicted molar refractivity (Wildman–Crippen MR) is 89.1 cm³/mol. The Balaban J connectivity index is 1.98. The van der Waals surface area contributed by atoms with E-state index in [1.807, 2.05) is 17.5 Å². The van der Waals surface area contributed by atoms with Crippen molar-refractivity contribution in [1.82, 2.24) is 9.21 Å². The van der Waals surface area contributed by atoms with Gasteiger partial charge in [-0.05, 0) is 35.7 Å². The van der Waals surface area contributed by atoms with Crippen LogP contribution >= 0.6 is 23.1 Å². The van der Waals surface area contributed by atoms with Gasteiger partial charge in [-0.15, -0.1) is 11.3 Å². The maximum Gasteiger partial charge on any atom is 0.293 e. The van der Waals surface area contributed by atoms with E-state index < -0.39 is 10.0 Å². The van der Waals surface area contributed by atoms with Gasteiger partial charge in [-0.3, -0.25) is 14.5 Å². The zero-order valence-corrected chi connectivity index (χ0v) is 14.6. The van der Waals surface area contributed by atoms with Crippen LogP contribution in [0.4, 0.5) is 4.79 Å².